The summed E-state index contributed by atoms with van der Waals surface area (Å²) in [6.45, 7) is 4.02. The van der Waals surface area contributed by atoms with Gasteiger partial charge in [-0.2, -0.15) is 5.26 Å². The molecule has 0 saturated carbocycles. The molecule has 0 aliphatic heterocycles. The summed E-state index contributed by atoms with van der Waals surface area (Å²) >= 11 is 0. The predicted molar refractivity (Wildman–Crippen MR) is 94.5 cm³/mol. The first-order valence-electron chi connectivity index (χ1n) is 8.03. The van der Waals surface area contributed by atoms with Crippen LogP contribution in [0.15, 0.2) is 48.5 Å². The van der Waals surface area contributed by atoms with Crippen LogP contribution in [0.3, 0.4) is 0 Å². The lowest BCUT2D eigenvalue weighted by atomic mass is 10.1. The topological polar surface area (TPSA) is 100 Å². The van der Waals surface area contributed by atoms with Gasteiger partial charge in [0.15, 0.2) is 6.10 Å². The van der Waals surface area contributed by atoms with E-state index in [-0.39, 0.29) is 5.56 Å². The molecule has 0 unspecified atom stereocenters. The Balaban J connectivity index is 1.86. The Labute approximate surface area is 151 Å². The Morgan fingerprint density at radius 3 is 2.46 bits per heavy atom. The molecule has 2 aromatic carbocycles. The van der Waals surface area contributed by atoms with Crippen molar-refractivity contribution in [2.45, 2.75) is 20.0 Å². The molecule has 2 aromatic rings. The molecular weight excluding hydrogens is 334 g/mol. The monoisotopic (exact) mass is 353 g/mol. The maximum absolute atomic E-state index is 12.0. The molecule has 7 heteroatoms. The lowest BCUT2D eigenvalue weighted by molar-refractivity contribution is -0.128. The van der Waals surface area contributed by atoms with E-state index >= 15 is 0 Å². The van der Waals surface area contributed by atoms with Crippen LogP contribution in [0.4, 0.5) is 0 Å². The van der Waals surface area contributed by atoms with E-state index < -0.39 is 17.9 Å². The number of hydrazine groups is 1. The van der Waals surface area contributed by atoms with Crippen LogP contribution in [-0.2, 0) is 4.79 Å². The molecule has 2 rings (SSSR count). The van der Waals surface area contributed by atoms with E-state index in [9.17, 15) is 9.59 Å². The molecular formula is C19H19N3O4. The largest absolute Gasteiger partial charge is 0.494 e. The number of carbonyl (C=O) groups is 2. The van der Waals surface area contributed by atoms with Crippen LogP contribution in [0, 0.1) is 11.3 Å². The van der Waals surface area contributed by atoms with Crippen LogP contribution in [0.1, 0.15) is 29.8 Å². The summed E-state index contributed by atoms with van der Waals surface area (Å²) in [5, 5.41) is 8.85. The average molecular weight is 353 g/mol. The second kappa shape index (κ2) is 9.08. The molecule has 0 bridgehead atoms. The number of carbonyl (C=O) groups excluding carboxylic acids is 2. The highest BCUT2D eigenvalue weighted by molar-refractivity contribution is 5.96. The van der Waals surface area contributed by atoms with Crippen molar-refractivity contribution in [2.24, 2.45) is 0 Å². The molecule has 0 aromatic heterocycles. The number of benzene rings is 2. The van der Waals surface area contributed by atoms with Crippen LogP contribution in [-0.4, -0.2) is 24.5 Å². The Morgan fingerprint density at radius 1 is 1.12 bits per heavy atom. The van der Waals surface area contributed by atoms with Crippen molar-refractivity contribution in [3.8, 4) is 17.6 Å². The Hall–Kier alpha value is -3.53. The summed E-state index contributed by atoms with van der Waals surface area (Å²) in [6.07, 6.45) is -0.821. The third kappa shape index (κ3) is 5.24. The van der Waals surface area contributed by atoms with Gasteiger partial charge in [0, 0.05) is 5.56 Å². The van der Waals surface area contributed by atoms with Crippen molar-refractivity contribution >= 4 is 11.8 Å². The van der Waals surface area contributed by atoms with Gasteiger partial charge in [0.05, 0.1) is 18.2 Å². The van der Waals surface area contributed by atoms with Crippen molar-refractivity contribution in [1.82, 2.24) is 10.9 Å². The van der Waals surface area contributed by atoms with Crippen LogP contribution >= 0.6 is 0 Å². The summed E-state index contributed by atoms with van der Waals surface area (Å²) in [5.41, 5.74) is 5.22. The Bertz CT molecular complexity index is 812. The van der Waals surface area contributed by atoms with Gasteiger partial charge in [0.2, 0.25) is 0 Å². The summed E-state index contributed by atoms with van der Waals surface area (Å²) in [5.74, 6) is 0.181. The van der Waals surface area contributed by atoms with E-state index in [1.807, 2.05) is 13.0 Å². The van der Waals surface area contributed by atoms with Gasteiger partial charge in [0.1, 0.15) is 11.5 Å². The van der Waals surface area contributed by atoms with Crippen molar-refractivity contribution in [3.05, 3.63) is 59.7 Å². The molecule has 2 N–H and O–H groups in total. The van der Waals surface area contributed by atoms with Gasteiger partial charge in [-0.3, -0.25) is 20.4 Å². The van der Waals surface area contributed by atoms with Gasteiger partial charge in [-0.25, -0.2) is 0 Å². The van der Waals surface area contributed by atoms with Crippen LogP contribution in [0.25, 0.3) is 0 Å². The maximum atomic E-state index is 12.0. The zero-order valence-electron chi connectivity index (χ0n) is 14.5. The number of nitrogens with one attached hydrogen (secondary N) is 2. The fourth-order valence-electron chi connectivity index (χ4n) is 2.06. The fourth-order valence-corrected chi connectivity index (χ4v) is 2.06. The number of rotatable bonds is 6. The summed E-state index contributed by atoms with van der Waals surface area (Å²) < 4.78 is 10.9. The second-order valence-corrected chi connectivity index (χ2v) is 5.30. The molecule has 0 radical (unpaired) electrons. The first-order valence-corrected chi connectivity index (χ1v) is 8.03. The van der Waals surface area contributed by atoms with Crippen molar-refractivity contribution in [1.29, 1.82) is 5.26 Å². The van der Waals surface area contributed by atoms with E-state index in [1.54, 1.807) is 49.4 Å². The quantitative estimate of drug-likeness (QED) is 0.775. The van der Waals surface area contributed by atoms with Crippen LogP contribution in [0.2, 0.25) is 0 Å². The van der Waals surface area contributed by atoms with E-state index in [0.29, 0.717) is 23.7 Å². The lowest BCUT2D eigenvalue weighted by Crippen LogP contribution is -2.47. The van der Waals surface area contributed by atoms with E-state index in [0.717, 1.165) is 0 Å². The molecule has 0 saturated heterocycles. The molecule has 0 aliphatic carbocycles. The molecule has 1 atom stereocenters. The van der Waals surface area contributed by atoms with Crippen LogP contribution < -0.4 is 20.3 Å². The summed E-state index contributed by atoms with van der Waals surface area (Å²) in [6, 6.07) is 15.0. The number of hydrogen-bond acceptors (Lipinski definition) is 5. The van der Waals surface area contributed by atoms with Crippen LogP contribution in [0.5, 0.6) is 11.5 Å². The average Bonchev–Trinajstić information content (AvgIpc) is 2.67. The lowest BCUT2D eigenvalue weighted by Gasteiger charge is -2.15. The Kier molecular flexibility index (Phi) is 6.57. The standard InChI is InChI=1S/C19H19N3O4/c1-3-25-16-7-9-17(10-8-16)26-13(2)18(23)21-22-19(24)15-6-4-5-14(11-15)12-20/h4-11,13H,3H2,1-2H3,(H,21,23)(H,22,24)/t13-/m1/s1. The minimum atomic E-state index is -0.821. The first kappa shape index (κ1) is 18.8. The van der Waals surface area contributed by atoms with E-state index in [1.165, 1.54) is 6.07 Å². The second-order valence-electron chi connectivity index (χ2n) is 5.30. The molecule has 26 heavy (non-hydrogen) atoms. The SMILES string of the molecule is CCOc1ccc(O[C@H](C)C(=O)NNC(=O)c2cccc(C#N)c2)cc1. The first-order chi connectivity index (χ1) is 12.5. The zero-order valence-corrected chi connectivity index (χ0v) is 14.5. The molecule has 2 amide bonds. The predicted octanol–water partition coefficient (Wildman–Crippen LogP) is 2.19. The smallest absolute Gasteiger partial charge is 0.279 e. The third-order valence-corrected chi connectivity index (χ3v) is 3.37. The van der Waals surface area contributed by atoms with Gasteiger partial charge < -0.3 is 9.47 Å². The van der Waals surface area contributed by atoms with Crippen molar-refractivity contribution in [2.75, 3.05) is 6.61 Å². The number of hydrogen-bond donors (Lipinski definition) is 2. The van der Waals surface area contributed by atoms with Gasteiger partial charge in [-0.05, 0) is 56.3 Å². The normalized spacial score (nSPS) is 11.0. The minimum Gasteiger partial charge on any atom is -0.494 e. The van der Waals surface area contributed by atoms with Crippen molar-refractivity contribution < 1.29 is 19.1 Å². The molecule has 0 aliphatic rings. The highest BCUT2D eigenvalue weighted by Gasteiger charge is 2.16. The summed E-state index contributed by atoms with van der Waals surface area (Å²) in [7, 11) is 0. The number of nitrogens with zero attached hydrogens (tertiary/aromatic N) is 1. The molecule has 0 heterocycles. The Morgan fingerprint density at radius 2 is 1.81 bits per heavy atom. The van der Waals surface area contributed by atoms with E-state index in [2.05, 4.69) is 10.9 Å². The molecule has 7 nitrogen and oxygen atoms in total. The number of ether oxygens (including phenoxy) is 2. The minimum absolute atomic E-state index is 0.268. The molecule has 0 spiro atoms. The molecule has 0 fully saturated rings. The maximum Gasteiger partial charge on any atom is 0.279 e. The third-order valence-electron chi connectivity index (χ3n) is 3.37. The fraction of sp³-hybridized carbons (Fsp3) is 0.211. The van der Waals surface area contributed by atoms with Gasteiger partial charge >= 0.3 is 0 Å². The van der Waals surface area contributed by atoms with Gasteiger partial charge in [-0.1, -0.05) is 6.07 Å². The summed E-state index contributed by atoms with van der Waals surface area (Å²) in [4.78, 5) is 24.1. The van der Waals surface area contributed by atoms with Gasteiger partial charge in [0.25, 0.3) is 11.8 Å². The highest BCUT2D eigenvalue weighted by Crippen LogP contribution is 2.18. The number of nitriles is 1. The zero-order chi connectivity index (χ0) is 18.9. The van der Waals surface area contributed by atoms with Crippen molar-refractivity contribution in [3.63, 3.8) is 0 Å². The van der Waals surface area contributed by atoms with E-state index in [4.69, 9.17) is 14.7 Å². The molecule has 134 valence electrons. The number of amides is 2. The van der Waals surface area contributed by atoms with Gasteiger partial charge in [-0.15, -0.1) is 0 Å². The highest BCUT2D eigenvalue weighted by atomic mass is 16.5.